The van der Waals surface area contributed by atoms with Crippen LogP contribution in [0.3, 0.4) is 0 Å². The first-order valence-corrected chi connectivity index (χ1v) is 9.64. The zero-order valence-electron chi connectivity index (χ0n) is 14.5. The smallest absolute Gasteiger partial charge is 0.248 e. The Kier molecular flexibility index (Phi) is 4.36. The van der Waals surface area contributed by atoms with Gasteiger partial charge in [-0.2, -0.15) is 0 Å². The molecule has 2 heterocycles. The Morgan fingerprint density at radius 3 is 2.77 bits per heavy atom. The van der Waals surface area contributed by atoms with E-state index in [9.17, 15) is 9.59 Å². The lowest BCUT2D eigenvalue weighted by Crippen LogP contribution is -2.48. The summed E-state index contributed by atoms with van der Waals surface area (Å²) < 4.78 is 5.81. The average Bonchev–Trinajstić information content (AvgIpc) is 3.12. The largest absolute Gasteiger partial charge is 0.457 e. The summed E-state index contributed by atoms with van der Waals surface area (Å²) in [6, 6.07) is 16.4. The van der Waals surface area contributed by atoms with Gasteiger partial charge in [0.1, 0.15) is 17.5 Å². The van der Waals surface area contributed by atoms with Crippen molar-refractivity contribution in [1.82, 2.24) is 4.90 Å². The maximum Gasteiger partial charge on any atom is 0.248 e. The summed E-state index contributed by atoms with van der Waals surface area (Å²) >= 11 is 1.69. The lowest BCUT2D eigenvalue weighted by atomic mass is 10.2. The topological polar surface area (TPSA) is 58.6 Å². The predicted octanol–water partition coefficient (Wildman–Crippen LogP) is 3.87. The third-order valence-corrected chi connectivity index (χ3v) is 6.33. The van der Waals surface area contributed by atoms with Crippen LogP contribution in [0.25, 0.3) is 0 Å². The van der Waals surface area contributed by atoms with Crippen LogP contribution in [-0.4, -0.2) is 33.4 Å². The molecular weight excluding hydrogens is 348 g/mol. The van der Waals surface area contributed by atoms with Crippen molar-refractivity contribution in [3.8, 4) is 11.5 Å². The van der Waals surface area contributed by atoms with Gasteiger partial charge in [-0.25, -0.2) is 0 Å². The van der Waals surface area contributed by atoms with E-state index < -0.39 is 6.04 Å². The van der Waals surface area contributed by atoms with Gasteiger partial charge in [0, 0.05) is 23.9 Å². The van der Waals surface area contributed by atoms with E-state index in [1.54, 1.807) is 22.7 Å². The minimum Gasteiger partial charge on any atom is -0.457 e. The van der Waals surface area contributed by atoms with Gasteiger partial charge in [0.25, 0.3) is 0 Å². The van der Waals surface area contributed by atoms with Crippen molar-refractivity contribution in [1.29, 1.82) is 0 Å². The van der Waals surface area contributed by atoms with Crippen molar-refractivity contribution in [3.63, 3.8) is 0 Å². The van der Waals surface area contributed by atoms with Gasteiger partial charge < -0.3 is 15.0 Å². The highest BCUT2D eigenvalue weighted by molar-refractivity contribution is 8.01. The molecule has 2 aromatic rings. The third kappa shape index (κ3) is 3.17. The van der Waals surface area contributed by atoms with Crippen LogP contribution in [0.4, 0.5) is 5.69 Å². The highest BCUT2D eigenvalue weighted by Gasteiger charge is 2.52. The van der Waals surface area contributed by atoms with Gasteiger partial charge in [0.05, 0.1) is 4.87 Å². The summed E-state index contributed by atoms with van der Waals surface area (Å²) in [6.45, 7) is 2.05. The molecule has 134 valence electrons. The lowest BCUT2D eigenvalue weighted by Gasteiger charge is -2.29. The number of amides is 2. The molecule has 2 aliphatic heterocycles. The number of ether oxygens (including phenoxy) is 1. The number of carbonyl (C=O) groups excluding carboxylic acids is 2. The van der Waals surface area contributed by atoms with Crippen molar-refractivity contribution >= 4 is 29.3 Å². The maximum absolute atomic E-state index is 12.8. The van der Waals surface area contributed by atoms with E-state index >= 15 is 0 Å². The van der Waals surface area contributed by atoms with E-state index in [2.05, 4.69) is 5.32 Å². The average molecular weight is 368 g/mol. The second kappa shape index (κ2) is 6.68. The Bertz CT molecular complexity index is 842. The first kappa shape index (κ1) is 17.0. The van der Waals surface area contributed by atoms with Gasteiger partial charge in [0.15, 0.2) is 0 Å². The summed E-state index contributed by atoms with van der Waals surface area (Å²) in [7, 11) is 0. The second-order valence-electron chi connectivity index (χ2n) is 6.70. The minimum atomic E-state index is -0.418. The molecule has 0 spiro atoms. The van der Waals surface area contributed by atoms with Crippen molar-refractivity contribution < 1.29 is 14.3 Å². The Morgan fingerprint density at radius 2 is 1.96 bits per heavy atom. The van der Waals surface area contributed by atoms with E-state index in [4.69, 9.17) is 4.74 Å². The van der Waals surface area contributed by atoms with Gasteiger partial charge in [-0.05, 0) is 37.6 Å². The first-order valence-electron chi connectivity index (χ1n) is 8.65. The summed E-state index contributed by atoms with van der Waals surface area (Å²) in [4.78, 5) is 26.5. The van der Waals surface area contributed by atoms with E-state index in [-0.39, 0.29) is 16.7 Å². The van der Waals surface area contributed by atoms with Crippen LogP contribution >= 0.6 is 11.8 Å². The van der Waals surface area contributed by atoms with Crippen LogP contribution in [-0.2, 0) is 9.59 Å². The SMILES string of the molecule is CC12CCC(=O)N1C(C(=O)Nc1cccc(Oc3ccccc3)c1)CS2. The molecule has 2 saturated heterocycles. The quantitative estimate of drug-likeness (QED) is 0.890. The number of benzene rings is 2. The number of hydrogen-bond donors (Lipinski definition) is 1. The predicted molar refractivity (Wildman–Crippen MR) is 102 cm³/mol. The number of nitrogens with zero attached hydrogens (tertiary/aromatic N) is 1. The highest BCUT2D eigenvalue weighted by atomic mass is 32.2. The first-order chi connectivity index (χ1) is 12.5. The van der Waals surface area contributed by atoms with Gasteiger partial charge in [0.2, 0.25) is 11.8 Å². The molecule has 26 heavy (non-hydrogen) atoms. The van der Waals surface area contributed by atoms with Crippen molar-refractivity contribution in [2.45, 2.75) is 30.7 Å². The fraction of sp³-hybridized carbons (Fsp3) is 0.300. The van der Waals surface area contributed by atoms with Gasteiger partial charge in [-0.3, -0.25) is 9.59 Å². The molecule has 0 aliphatic carbocycles. The normalized spacial score (nSPS) is 24.4. The van der Waals surface area contributed by atoms with E-state index in [0.29, 0.717) is 23.6 Å². The van der Waals surface area contributed by atoms with Crippen LogP contribution in [0.5, 0.6) is 11.5 Å². The Morgan fingerprint density at radius 1 is 1.19 bits per heavy atom. The fourth-order valence-corrected chi connectivity index (χ4v) is 4.93. The van der Waals surface area contributed by atoms with Crippen molar-refractivity contribution in [2.24, 2.45) is 0 Å². The van der Waals surface area contributed by atoms with Crippen LogP contribution in [0, 0.1) is 0 Å². The highest BCUT2D eigenvalue weighted by Crippen LogP contribution is 2.47. The molecule has 6 heteroatoms. The van der Waals surface area contributed by atoms with Gasteiger partial charge in [-0.15, -0.1) is 11.8 Å². The molecule has 0 saturated carbocycles. The van der Waals surface area contributed by atoms with Gasteiger partial charge in [-0.1, -0.05) is 24.3 Å². The van der Waals surface area contributed by atoms with Crippen LogP contribution in [0.1, 0.15) is 19.8 Å². The van der Waals surface area contributed by atoms with Crippen molar-refractivity contribution in [3.05, 3.63) is 54.6 Å². The van der Waals surface area contributed by atoms with Crippen LogP contribution in [0.2, 0.25) is 0 Å². The number of anilines is 1. The molecule has 0 radical (unpaired) electrons. The molecule has 2 aromatic carbocycles. The molecule has 0 bridgehead atoms. The molecule has 2 fully saturated rings. The zero-order chi connectivity index (χ0) is 18.1. The number of nitrogens with one attached hydrogen (secondary N) is 1. The summed E-state index contributed by atoms with van der Waals surface area (Å²) in [5.41, 5.74) is 0.661. The number of fused-ring (bicyclic) bond motifs is 1. The third-order valence-electron chi connectivity index (χ3n) is 4.83. The zero-order valence-corrected chi connectivity index (χ0v) is 15.3. The summed E-state index contributed by atoms with van der Waals surface area (Å²) in [5, 5.41) is 2.93. The molecule has 2 amide bonds. The number of rotatable bonds is 4. The second-order valence-corrected chi connectivity index (χ2v) is 8.20. The molecule has 5 nitrogen and oxygen atoms in total. The molecule has 2 atom stereocenters. The van der Waals surface area contributed by atoms with E-state index in [0.717, 1.165) is 12.2 Å². The summed E-state index contributed by atoms with van der Waals surface area (Å²) in [5.74, 6) is 1.94. The molecule has 0 aromatic heterocycles. The fourth-order valence-electron chi connectivity index (χ4n) is 3.50. The number of hydrogen-bond acceptors (Lipinski definition) is 4. The standard InChI is InChI=1S/C20H20N2O3S/c1-20-11-10-18(23)22(20)17(13-26-20)19(24)21-14-6-5-9-16(12-14)25-15-7-3-2-4-8-15/h2-9,12,17H,10-11,13H2,1H3,(H,21,24). The molecule has 4 rings (SSSR count). The molecule has 2 aliphatic rings. The maximum atomic E-state index is 12.8. The molecular formula is C20H20N2O3S. The van der Waals surface area contributed by atoms with Gasteiger partial charge >= 0.3 is 0 Å². The van der Waals surface area contributed by atoms with Crippen LogP contribution in [0.15, 0.2) is 54.6 Å². The van der Waals surface area contributed by atoms with E-state index in [1.165, 1.54) is 0 Å². The molecule has 1 N–H and O–H groups in total. The Hall–Kier alpha value is -2.47. The molecule has 2 unspecified atom stereocenters. The summed E-state index contributed by atoms with van der Waals surface area (Å²) in [6.07, 6.45) is 1.33. The lowest BCUT2D eigenvalue weighted by molar-refractivity contribution is -0.135. The Labute approximate surface area is 156 Å². The number of para-hydroxylation sites is 1. The van der Waals surface area contributed by atoms with Crippen molar-refractivity contribution in [2.75, 3.05) is 11.1 Å². The van der Waals surface area contributed by atoms with Crippen LogP contribution < -0.4 is 10.1 Å². The monoisotopic (exact) mass is 368 g/mol. The number of thioether (sulfide) groups is 1. The van der Waals surface area contributed by atoms with E-state index in [1.807, 2.05) is 55.5 Å². The Balaban J connectivity index is 1.47. The number of carbonyl (C=O) groups is 2. The minimum absolute atomic E-state index is 0.0683.